The lowest BCUT2D eigenvalue weighted by molar-refractivity contribution is -0.150. The molecule has 1 unspecified atom stereocenters. The maximum absolute atomic E-state index is 12.1. The monoisotopic (exact) mass is 321 g/mol. The van der Waals surface area contributed by atoms with Gasteiger partial charge in [0.15, 0.2) is 0 Å². The number of likely N-dealkylation sites (N-methyl/N-ethyl adjacent to an activating group) is 1. The molecule has 0 heterocycles. The van der Waals surface area contributed by atoms with Crippen molar-refractivity contribution in [3.63, 3.8) is 0 Å². The first-order chi connectivity index (χ1) is 9.95. The molecular weight excluding hydrogens is 294 g/mol. The van der Waals surface area contributed by atoms with Gasteiger partial charge in [0.05, 0.1) is 13.2 Å². The highest BCUT2D eigenvalue weighted by molar-refractivity contribution is 6.17. The molecule has 21 heavy (non-hydrogen) atoms. The van der Waals surface area contributed by atoms with Gasteiger partial charge in [-0.2, -0.15) is 0 Å². The Bertz CT molecular complexity index is 310. The van der Waals surface area contributed by atoms with Gasteiger partial charge in [-0.25, -0.2) is 9.59 Å². The third-order valence-electron chi connectivity index (χ3n) is 3.07. The lowest BCUT2D eigenvalue weighted by Crippen LogP contribution is -2.47. The van der Waals surface area contributed by atoms with Crippen molar-refractivity contribution in [3.8, 4) is 0 Å². The standard InChI is InChI=1S/C15H28ClNO4/c1-5-6-7-10-20-14(18)13(12(2)3)17(4)15(19)21-11-8-9-16/h12-13H,5-11H2,1-4H3. The van der Waals surface area contributed by atoms with E-state index in [-0.39, 0.29) is 18.5 Å². The summed E-state index contributed by atoms with van der Waals surface area (Å²) in [6.45, 7) is 6.48. The molecule has 5 nitrogen and oxygen atoms in total. The van der Waals surface area contributed by atoms with Crippen LogP contribution in [0.3, 0.4) is 0 Å². The van der Waals surface area contributed by atoms with Gasteiger partial charge in [0.2, 0.25) is 0 Å². The van der Waals surface area contributed by atoms with Crippen molar-refractivity contribution < 1.29 is 19.1 Å². The maximum atomic E-state index is 12.1. The number of carbonyl (C=O) groups is 2. The van der Waals surface area contributed by atoms with Gasteiger partial charge in [0, 0.05) is 12.9 Å². The third-order valence-corrected chi connectivity index (χ3v) is 3.34. The lowest BCUT2D eigenvalue weighted by Gasteiger charge is -2.28. The van der Waals surface area contributed by atoms with Gasteiger partial charge in [-0.05, 0) is 18.8 Å². The second-order valence-corrected chi connectivity index (χ2v) is 5.71. The van der Waals surface area contributed by atoms with Crippen LogP contribution < -0.4 is 0 Å². The number of amides is 1. The van der Waals surface area contributed by atoms with E-state index in [2.05, 4.69) is 6.92 Å². The van der Waals surface area contributed by atoms with Crippen LogP contribution >= 0.6 is 11.6 Å². The highest BCUT2D eigenvalue weighted by Crippen LogP contribution is 2.13. The molecule has 0 rings (SSSR count). The number of carbonyl (C=O) groups excluding carboxylic acids is 2. The summed E-state index contributed by atoms with van der Waals surface area (Å²) in [5, 5.41) is 0. The minimum atomic E-state index is -0.630. The van der Waals surface area contributed by atoms with Gasteiger partial charge in [-0.1, -0.05) is 33.6 Å². The summed E-state index contributed by atoms with van der Waals surface area (Å²) in [6.07, 6.45) is 3.00. The normalized spacial score (nSPS) is 12.1. The molecule has 0 aliphatic carbocycles. The summed E-state index contributed by atoms with van der Waals surface area (Å²) in [4.78, 5) is 25.3. The Morgan fingerprint density at radius 3 is 2.24 bits per heavy atom. The summed E-state index contributed by atoms with van der Waals surface area (Å²) in [5.41, 5.74) is 0. The van der Waals surface area contributed by atoms with E-state index >= 15 is 0 Å². The molecule has 0 aromatic heterocycles. The summed E-state index contributed by atoms with van der Waals surface area (Å²) < 4.78 is 10.3. The molecule has 0 aromatic carbocycles. The van der Waals surface area contributed by atoms with Gasteiger partial charge in [0.1, 0.15) is 6.04 Å². The molecule has 0 radical (unpaired) electrons. The molecule has 1 atom stereocenters. The predicted molar refractivity (Wildman–Crippen MR) is 83.6 cm³/mol. The van der Waals surface area contributed by atoms with Crippen LogP contribution in [0.15, 0.2) is 0 Å². The van der Waals surface area contributed by atoms with Crippen molar-refractivity contribution >= 4 is 23.7 Å². The SMILES string of the molecule is CCCCCOC(=O)C(C(C)C)N(C)C(=O)OCCCCl. The smallest absolute Gasteiger partial charge is 0.410 e. The molecule has 1 amide bonds. The Morgan fingerprint density at radius 2 is 1.71 bits per heavy atom. The third kappa shape index (κ3) is 8.15. The average Bonchev–Trinajstić information content (AvgIpc) is 2.43. The fraction of sp³-hybridized carbons (Fsp3) is 0.867. The number of hydrogen-bond donors (Lipinski definition) is 0. The van der Waals surface area contributed by atoms with E-state index in [0.717, 1.165) is 19.3 Å². The number of alkyl halides is 1. The summed E-state index contributed by atoms with van der Waals surface area (Å²) >= 11 is 5.53. The molecule has 0 bridgehead atoms. The molecule has 0 saturated heterocycles. The number of hydrogen-bond acceptors (Lipinski definition) is 4. The zero-order chi connectivity index (χ0) is 16.3. The van der Waals surface area contributed by atoms with Gasteiger partial charge >= 0.3 is 12.1 Å². The van der Waals surface area contributed by atoms with Crippen molar-refractivity contribution in [3.05, 3.63) is 0 Å². The zero-order valence-corrected chi connectivity index (χ0v) is 14.3. The second kappa shape index (κ2) is 11.7. The number of ether oxygens (including phenoxy) is 2. The summed E-state index contributed by atoms with van der Waals surface area (Å²) in [7, 11) is 1.56. The number of rotatable bonds is 10. The topological polar surface area (TPSA) is 55.8 Å². The van der Waals surface area contributed by atoms with Gasteiger partial charge in [0.25, 0.3) is 0 Å². The lowest BCUT2D eigenvalue weighted by atomic mass is 10.0. The summed E-state index contributed by atoms with van der Waals surface area (Å²) in [5.74, 6) is 0.0107. The predicted octanol–water partition coefficient (Wildman–Crippen LogP) is 3.44. The molecule has 0 N–H and O–H groups in total. The number of halogens is 1. The fourth-order valence-electron chi connectivity index (χ4n) is 1.92. The average molecular weight is 322 g/mol. The van der Waals surface area contributed by atoms with Crippen molar-refractivity contribution in [1.29, 1.82) is 0 Å². The van der Waals surface area contributed by atoms with E-state index in [1.807, 2.05) is 13.8 Å². The number of unbranched alkanes of at least 4 members (excludes halogenated alkanes) is 2. The molecular formula is C15H28ClNO4. The maximum Gasteiger partial charge on any atom is 0.410 e. The minimum Gasteiger partial charge on any atom is -0.464 e. The van der Waals surface area contributed by atoms with Crippen molar-refractivity contribution in [2.24, 2.45) is 5.92 Å². The Morgan fingerprint density at radius 1 is 1.10 bits per heavy atom. The molecule has 0 fully saturated rings. The van der Waals surface area contributed by atoms with Crippen LogP contribution in [0.2, 0.25) is 0 Å². The van der Waals surface area contributed by atoms with Crippen LogP contribution in [-0.4, -0.2) is 49.1 Å². The highest BCUT2D eigenvalue weighted by atomic mass is 35.5. The molecule has 6 heteroatoms. The van der Waals surface area contributed by atoms with Gasteiger partial charge in [-0.3, -0.25) is 4.90 Å². The molecule has 124 valence electrons. The van der Waals surface area contributed by atoms with Crippen LogP contribution in [0.25, 0.3) is 0 Å². The van der Waals surface area contributed by atoms with Crippen molar-refractivity contribution in [2.45, 2.75) is 52.5 Å². The first-order valence-corrected chi connectivity index (χ1v) is 8.11. The van der Waals surface area contributed by atoms with Crippen LogP contribution in [0.1, 0.15) is 46.5 Å². The van der Waals surface area contributed by atoms with Crippen LogP contribution in [0.5, 0.6) is 0 Å². The molecule has 0 saturated carbocycles. The van der Waals surface area contributed by atoms with E-state index in [1.54, 1.807) is 7.05 Å². The van der Waals surface area contributed by atoms with E-state index in [9.17, 15) is 9.59 Å². The van der Waals surface area contributed by atoms with E-state index in [1.165, 1.54) is 4.90 Å². The second-order valence-electron chi connectivity index (χ2n) is 5.33. The molecule has 0 aromatic rings. The largest absolute Gasteiger partial charge is 0.464 e. The minimum absolute atomic E-state index is 0.0470. The van der Waals surface area contributed by atoms with E-state index in [4.69, 9.17) is 21.1 Å². The van der Waals surface area contributed by atoms with E-state index < -0.39 is 12.1 Å². The Labute approximate surface area is 132 Å². The quantitative estimate of drug-likeness (QED) is 0.351. The Kier molecular flexibility index (Phi) is 11.1. The Balaban J connectivity index is 4.43. The fourth-order valence-corrected chi connectivity index (χ4v) is 2.03. The first-order valence-electron chi connectivity index (χ1n) is 7.57. The number of nitrogens with zero attached hydrogens (tertiary/aromatic N) is 1. The van der Waals surface area contributed by atoms with E-state index in [0.29, 0.717) is 18.9 Å². The first kappa shape index (κ1) is 20.0. The van der Waals surface area contributed by atoms with Crippen LogP contribution in [0.4, 0.5) is 4.79 Å². The Hall–Kier alpha value is -0.970. The van der Waals surface area contributed by atoms with Gasteiger partial charge in [-0.15, -0.1) is 11.6 Å². The molecule has 0 aliphatic rings. The van der Waals surface area contributed by atoms with Crippen LogP contribution in [0, 0.1) is 5.92 Å². The van der Waals surface area contributed by atoms with Gasteiger partial charge < -0.3 is 9.47 Å². The summed E-state index contributed by atoms with van der Waals surface area (Å²) in [6, 6.07) is -0.630. The number of esters is 1. The van der Waals surface area contributed by atoms with Crippen LogP contribution in [-0.2, 0) is 14.3 Å². The molecule has 0 spiro atoms. The zero-order valence-electron chi connectivity index (χ0n) is 13.6. The molecule has 0 aliphatic heterocycles. The highest BCUT2D eigenvalue weighted by Gasteiger charge is 2.31. The van der Waals surface area contributed by atoms with Crippen molar-refractivity contribution in [1.82, 2.24) is 4.90 Å². The van der Waals surface area contributed by atoms with Crippen molar-refractivity contribution in [2.75, 3.05) is 26.1 Å².